The SMILES string of the molecule is CCCCN1C(=O)C(CC2CCCCC2)NC(=O)C12CCN(Cc1ccc3cc(CO)ccc3c1)CC2. The molecule has 6 nitrogen and oxygen atoms in total. The summed E-state index contributed by atoms with van der Waals surface area (Å²) in [5.74, 6) is 0.794. The maximum absolute atomic E-state index is 13.7. The Kier molecular flexibility index (Phi) is 8.15. The largest absolute Gasteiger partial charge is 0.392 e. The predicted molar refractivity (Wildman–Crippen MR) is 147 cm³/mol. The fourth-order valence-electron chi connectivity index (χ4n) is 6.81. The number of fused-ring (bicyclic) bond motifs is 1. The normalized spacial score (nSPS) is 23.1. The van der Waals surface area contributed by atoms with E-state index in [4.69, 9.17) is 0 Å². The molecule has 200 valence electrons. The van der Waals surface area contributed by atoms with Crippen LogP contribution in [0.1, 0.15) is 82.3 Å². The van der Waals surface area contributed by atoms with Gasteiger partial charge in [-0.15, -0.1) is 0 Å². The third-order valence-electron chi connectivity index (χ3n) is 9.08. The number of benzene rings is 2. The van der Waals surface area contributed by atoms with Gasteiger partial charge in [-0.1, -0.05) is 69.7 Å². The van der Waals surface area contributed by atoms with Gasteiger partial charge in [-0.05, 0) is 65.6 Å². The van der Waals surface area contributed by atoms with Crippen molar-refractivity contribution >= 4 is 22.6 Å². The van der Waals surface area contributed by atoms with Gasteiger partial charge in [0.1, 0.15) is 11.6 Å². The van der Waals surface area contributed by atoms with Crippen LogP contribution in [-0.4, -0.2) is 57.9 Å². The van der Waals surface area contributed by atoms with Gasteiger partial charge >= 0.3 is 0 Å². The summed E-state index contributed by atoms with van der Waals surface area (Å²) in [4.78, 5) is 31.8. The van der Waals surface area contributed by atoms with Crippen LogP contribution in [-0.2, 0) is 22.7 Å². The molecular formula is C31H43N3O3. The lowest BCUT2D eigenvalue weighted by molar-refractivity contribution is -0.162. The van der Waals surface area contributed by atoms with E-state index < -0.39 is 5.54 Å². The number of aliphatic hydroxyl groups is 1. The molecule has 37 heavy (non-hydrogen) atoms. The Balaban J connectivity index is 1.26. The zero-order valence-corrected chi connectivity index (χ0v) is 22.4. The molecule has 1 atom stereocenters. The lowest BCUT2D eigenvalue weighted by atomic mass is 9.79. The van der Waals surface area contributed by atoms with E-state index in [0.29, 0.717) is 25.3 Å². The molecule has 5 rings (SSSR count). The number of piperazine rings is 1. The number of rotatable bonds is 8. The maximum Gasteiger partial charge on any atom is 0.246 e. The van der Waals surface area contributed by atoms with Crippen molar-refractivity contribution in [2.45, 2.75) is 95.9 Å². The zero-order chi connectivity index (χ0) is 25.8. The molecule has 2 saturated heterocycles. The van der Waals surface area contributed by atoms with Gasteiger partial charge in [-0.2, -0.15) is 0 Å². The first kappa shape index (κ1) is 26.2. The molecule has 2 N–H and O–H groups in total. The molecule has 6 heteroatoms. The van der Waals surface area contributed by atoms with E-state index >= 15 is 0 Å². The third kappa shape index (κ3) is 5.56. The first-order chi connectivity index (χ1) is 18.0. The summed E-state index contributed by atoms with van der Waals surface area (Å²) in [5, 5.41) is 14.9. The van der Waals surface area contributed by atoms with Crippen LogP contribution in [0.5, 0.6) is 0 Å². The molecule has 1 unspecified atom stereocenters. The molecule has 2 aromatic rings. The van der Waals surface area contributed by atoms with Crippen LogP contribution < -0.4 is 5.32 Å². The number of hydrogen-bond donors (Lipinski definition) is 2. The molecule has 2 amide bonds. The maximum atomic E-state index is 13.7. The fourth-order valence-corrected chi connectivity index (χ4v) is 6.81. The summed E-state index contributed by atoms with van der Waals surface area (Å²) in [6.07, 6.45) is 10.3. The van der Waals surface area contributed by atoms with Crippen molar-refractivity contribution in [3.63, 3.8) is 0 Å². The number of carbonyl (C=O) groups excluding carboxylic acids is 2. The molecule has 3 fully saturated rings. The molecule has 1 spiro atoms. The highest BCUT2D eigenvalue weighted by Gasteiger charge is 2.53. The molecule has 0 bridgehead atoms. The van der Waals surface area contributed by atoms with Crippen LogP contribution in [0, 0.1) is 5.92 Å². The van der Waals surface area contributed by atoms with Crippen LogP contribution in [0.4, 0.5) is 0 Å². The van der Waals surface area contributed by atoms with Crippen LogP contribution in [0.15, 0.2) is 36.4 Å². The average Bonchev–Trinajstić information content (AvgIpc) is 2.93. The molecule has 0 aromatic heterocycles. The first-order valence-corrected chi connectivity index (χ1v) is 14.5. The van der Waals surface area contributed by atoms with Gasteiger partial charge in [0.15, 0.2) is 0 Å². The number of amides is 2. The molecule has 0 radical (unpaired) electrons. The van der Waals surface area contributed by atoms with Crippen molar-refractivity contribution in [3.05, 3.63) is 47.5 Å². The highest BCUT2D eigenvalue weighted by atomic mass is 16.3. The molecule has 3 aliphatic rings. The Morgan fingerprint density at radius 3 is 2.32 bits per heavy atom. The average molecular weight is 506 g/mol. The van der Waals surface area contributed by atoms with Crippen molar-refractivity contribution in [2.24, 2.45) is 5.92 Å². The lowest BCUT2D eigenvalue weighted by Gasteiger charge is -2.52. The Bertz CT molecular complexity index is 1100. The monoisotopic (exact) mass is 505 g/mol. The van der Waals surface area contributed by atoms with E-state index in [2.05, 4.69) is 41.4 Å². The van der Waals surface area contributed by atoms with Gasteiger partial charge in [0.2, 0.25) is 11.8 Å². The number of hydrogen-bond acceptors (Lipinski definition) is 4. The molecule has 1 aliphatic carbocycles. The van der Waals surface area contributed by atoms with E-state index in [9.17, 15) is 14.7 Å². The summed E-state index contributed by atoms with van der Waals surface area (Å²) in [5.41, 5.74) is 1.48. The van der Waals surface area contributed by atoms with Crippen LogP contribution in [0.3, 0.4) is 0 Å². The summed E-state index contributed by atoms with van der Waals surface area (Å²) >= 11 is 0. The second kappa shape index (κ2) is 11.5. The van der Waals surface area contributed by atoms with Gasteiger partial charge in [-0.3, -0.25) is 14.5 Å². The van der Waals surface area contributed by atoms with Crippen molar-refractivity contribution in [2.75, 3.05) is 19.6 Å². The number of carbonyl (C=O) groups is 2. The Hall–Kier alpha value is -2.44. The molecular weight excluding hydrogens is 462 g/mol. The van der Waals surface area contributed by atoms with Crippen molar-refractivity contribution in [3.8, 4) is 0 Å². The number of unbranched alkanes of at least 4 members (excludes halogenated alkanes) is 1. The van der Waals surface area contributed by atoms with Crippen molar-refractivity contribution in [1.82, 2.24) is 15.1 Å². The molecule has 2 aromatic carbocycles. The second-order valence-corrected chi connectivity index (χ2v) is 11.6. The van der Waals surface area contributed by atoms with Gasteiger partial charge in [0, 0.05) is 26.2 Å². The number of nitrogens with zero attached hydrogens (tertiary/aromatic N) is 2. The Morgan fingerprint density at radius 2 is 1.65 bits per heavy atom. The highest BCUT2D eigenvalue weighted by Crippen LogP contribution is 2.36. The van der Waals surface area contributed by atoms with E-state index in [1.807, 2.05) is 17.0 Å². The van der Waals surface area contributed by atoms with E-state index in [1.54, 1.807) is 0 Å². The van der Waals surface area contributed by atoms with Gasteiger partial charge in [0.05, 0.1) is 6.61 Å². The standard InChI is InChI=1S/C31H43N3O3/c1-2-3-15-34-29(36)28(20-23-7-5-4-6-8-23)32-30(37)31(34)13-16-33(17-14-31)21-24-9-11-27-19-25(22-35)10-12-26(27)18-24/h9-12,18-19,23,28,35H,2-8,13-17,20-22H2,1H3,(H,32,37). The Morgan fingerprint density at radius 1 is 0.973 bits per heavy atom. The van der Waals surface area contributed by atoms with E-state index in [-0.39, 0.29) is 24.5 Å². The second-order valence-electron chi connectivity index (χ2n) is 11.6. The summed E-state index contributed by atoms with van der Waals surface area (Å²) in [6.45, 7) is 5.33. The smallest absolute Gasteiger partial charge is 0.246 e. The minimum absolute atomic E-state index is 0.0555. The minimum Gasteiger partial charge on any atom is -0.392 e. The summed E-state index contributed by atoms with van der Waals surface area (Å²) < 4.78 is 0. The number of aliphatic hydroxyl groups excluding tert-OH is 1. The van der Waals surface area contributed by atoms with Crippen LogP contribution in [0.2, 0.25) is 0 Å². The molecule has 2 aliphatic heterocycles. The quantitative estimate of drug-likeness (QED) is 0.542. The lowest BCUT2D eigenvalue weighted by Crippen LogP contribution is -2.73. The summed E-state index contributed by atoms with van der Waals surface area (Å²) in [7, 11) is 0. The van der Waals surface area contributed by atoms with E-state index in [0.717, 1.165) is 49.8 Å². The Labute approximate surface area is 221 Å². The molecule has 2 heterocycles. The summed E-state index contributed by atoms with van der Waals surface area (Å²) in [6, 6.07) is 12.2. The van der Waals surface area contributed by atoms with Gasteiger partial charge in [0.25, 0.3) is 0 Å². The highest BCUT2D eigenvalue weighted by molar-refractivity contribution is 6.00. The number of piperidine rings is 1. The predicted octanol–water partition coefficient (Wildman–Crippen LogP) is 4.76. The fraction of sp³-hybridized carbons (Fsp3) is 0.613. The van der Waals surface area contributed by atoms with Crippen molar-refractivity contribution < 1.29 is 14.7 Å². The van der Waals surface area contributed by atoms with Gasteiger partial charge < -0.3 is 15.3 Å². The number of nitrogens with one attached hydrogen (secondary N) is 1. The number of likely N-dealkylation sites (tertiary alicyclic amines) is 1. The first-order valence-electron chi connectivity index (χ1n) is 14.5. The molecule has 1 saturated carbocycles. The van der Waals surface area contributed by atoms with Crippen LogP contribution in [0.25, 0.3) is 10.8 Å². The topological polar surface area (TPSA) is 72.9 Å². The minimum atomic E-state index is -0.699. The van der Waals surface area contributed by atoms with E-state index in [1.165, 1.54) is 43.1 Å². The van der Waals surface area contributed by atoms with Crippen molar-refractivity contribution in [1.29, 1.82) is 0 Å². The zero-order valence-electron chi connectivity index (χ0n) is 22.4. The van der Waals surface area contributed by atoms with Gasteiger partial charge in [-0.25, -0.2) is 0 Å². The third-order valence-corrected chi connectivity index (χ3v) is 9.08. The van der Waals surface area contributed by atoms with Crippen LogP contribution >= 0.6 is 0 Å².